The zero-order valence-corrected chi connectivity index (χ0v) is 19.4. The molecule has 1 fully saturated rings. The molecule has 0 unspecified atom stereocenters. The molecule has 3 aromatic rings. The molecule has 0 saturated carbocycles. The number of likely N-dealkylation sites (tertiary alicyclic amines) is 1. The minimum Gasteiger partial charge on any atom is -0.348 e. The predicted octanol–water partition coefficient (Wildman–Crippen LogP) is 5.99. The SMILES string of the molecule is Cc1ccccc1CNC(=O)c1cccc([C@H]2CCCN(C(=O)Nc3ccc(Cl)cc3)C2)c1. The first-order valence-electron chi connectivity index (χ1n) is 11.2. The summed E-state index contributed by atoms with van der Waals surface area (Å²) in [6.45, 7) is 3.87. The number of hydrogen-bond donors (Lipinski definition) is 2. The Labute approximate surface area is 199 Å². The van der Waals surface area contributed by atoms with Crippen molar-refractivity contribution in [3.63, 3.8) is 0 Å². The smallest absolute Gasteiger partial charge is 0.321 e. The molecule has 1 aliphatic heterocycles. The van der Waals surface area contributed by atoms with Crippen molar-refractivity contribution in [2.24, 2.45) is 0 Å². The number of rotatable bonds is 5. The van der Waals surface area contributed by atoms with E-state index in [1.54, 1.807) is 24.3 Å². The third-order valence-corrected chi connectivity index (χ3v) is 6.38. The summed E-state index contributed by atoms with van der Waals surface area (Å²) in [5, 5.41) is 6.60. The van der Waals surface area contributed by atoms with Gasteiger partial charge in [-0.15, -0.1) is 0 Å². The number of carbonyl (C=O) groups excluding carboxylic acids is 2. The molecule has 6 heteroatoms. The molecule has 0 aromatic heterocycles. The highest BCUT2D eigenvalue weighted by Crippen LogP contribution is 2.28. The minimum absolute atomic E-state index is 0.0896. The maximum absolute atomic E-state index is 12.8. The quantitative estimate of drug-likeness (QED) is 0.490. The van der Waals surface area contributed by atoms with Gasteiger partial charge in [-0.05, 0) is 72.9 Å². The van der Waals surface area contributed by atoms with Crippen molar-refractivity contribution in [2.75, 3.05) is 18.4 Å². The van der Waals surface area contributed by atoms with Gasteiger partial charge in [0.25, 0.3) is 5.91 Å². The monoisotopic (exact) mass is 461 g/mol. The van der Waals surface area contributed by atoms with Crippen LogP contribution >= 0.6 is 11.6 Å². The van der Waals surface area contributed by atoms with Gasteiger partial charge in [0, 0.05) is 41.8 Å². The average molecular weight is 462 g/mol. The first kappa shape index (κ1) is 22.9. The maximum Gasteiger partial charge on any atom is 0.321 e. The number of halogens is 1. The molecule has 4 rings (SSSR count). The molecule has 1 heterocycles. The van der Waals surface area contributed by atoms with E-state index >= 15 is 0 Å². The van der Waals surface area contributed by atoms with Gasteiger partial charge in [-0.2, -0.15) is 0 Å². The Kier molecular flexibility index (Phi) is 7.30. The van der Waals surface area contributed by atoms with Crippen LogP contribution in [-0.4, -0.2) is 29.9 Å². The van der Waals surface area contributed by atoms with Crippen LogP contribution in [0.15, 0.2) is 72.8 Å². The van der Waals surface area contributed by atoms with Gasteiger partial charge >= 0.3 is 6.03 Å². The van der Waals surface area contributed by atoms with E-state index in [4.69, 9.17) is 11.6 Å². The number of carbonyl (C=O) groups is 2. The number of aryl methyl sites for hydroxylation is 1. The molecule has 0 radical (unpaired) electrons. The van der Waals surface area contributed by atoms with Crippen LogP contribution in [0.2, 0.25) is 5.02 Å². The Morgan fingerprint density at radius 2 is 1.82 bits per heavy atom. The van der Waals surface area contributed by atoms with Crippen LogP contribution in [-0.2, 0) is 6.54 Å². The lowest BCUT2D eigenvalue weighted by molar-refractivity contribution is 0.0950. The maximum atomic E-state index is 12.8. The van der Waals surface area contributed by atoms with Crippen LogP contribution in [0, 0.1) is 6.92 Å². The molecule has 0 spiro atoms. The standard InChI is InChI=1S/C27H28ClN3O2/c1-19-6-2-3-7-22(19)17-29-26(32)21-9-4-8-20(16-21)23-10-5-15-31(18-23)27(33)30-25-13-11-24(28)12-14-25/h2-4,6-9,11-14,16,23H,5,10,15,17-18H2,1H3,(H,29,32)(H,30,33)/t23-/m0/s1. The number of piperidine rings is 1. The second kappa shape index (κ2) is 10.5. The third-order valence-electron chi connectivity index (χ3n) is 6.12. The van der Waals surface area contributed by atoms with Crippen molar-refractivity contribution in [2.45, 2.75) is 32.2 Å². The summed E-state index contributed by atoms with van der Waals surface area (Å²) in [6.07, 6.45) is 1.90. The first-order chi connectivity index (χ1) is 16.0. The number of amides is 3. The van der Waals surface area contributed by atoms with E-state index in [0.717, 1.165) is 35.2 Å². The molecule has 5 nitrogen and oxygen atoms in total. The summed E-state index contributed by atoms with van der Waals surface area (Å²) in [5.41, 5.74) is 4.72. The summed E-state index contributed by atoms with van der Waals surface area (Å²) in [6, 6.07) is 22.8. The van der Waals surface area contributed by atoms with E-state index in [-0.39, 0.29) is 17.9 Å². The lowest BCUT2D eigenvalue weighted by atomic mass is 9.89. The van der Waals surface area contributed by atoms with E-state index in [0.29, 0.717) is 30.2 Å². The fourth-order valence-electron chi connectivity index (χ4n) is 4.19. The van der Waals surface area contributed by atoms with E-state index in [2.05, 4.69) is 10.6 Å². The fourth-order valence-corrected chi connectivity index (χ4v) is 4.32. The van der Waals surface area contributed by atoms with Crippen molar-refractivity contribution in [1.29, 1.82) is 0 Å². The molecule has 0 aliphatic carbocycles. The number of nitrogens with zero attached hydrogens (tertiary/aromatic N) is 1. The van der Waals surface area contributed by atoms with Crippen LogP contribution in [0.4, 0.5) is 10.5 Å². The average Bonchev–Trinajstić information content (AvgIpc) is 2.85. The van der Waals surface area contributed by atoms with Crippen molar-refractivity contribution < 1.29 is 9.59 Å². The fraction of sp³-hybridized carbons (Fsp3) is 0.259. The number of urea groups is 1. The zero-order chi connectivity index (χ0) is 23.2. The third kappa shape index (κ3) is 5.93. The molecule has 3 amide bonds. The number of nitrogens with one attached hydrogen (secondary N) is 2. The molecule has 1 saturated heterocycles. The summed E-state index contributed by atoms with van der Waals surface area (Å²) in [4.78, 5) is 27.4. The van der Waals surface area contributed by atoms with Gasteiger partial charge in [-0.25, -0.2) is 4.79 Å². The molecule has 0 bridgehead atoms. The highest BCUT2D eigenvalue weighted by Gasteiger charge is 2.25. The topological polar surface area (TPSA) is 61.4 Å². The van der Waals surface area contributed by atoms with E-state index in [1.165, 1.54) is 0 Å². The molecule has 2 N–H and O–H groups in total. The van der Waals surface area contributed by atoms with Crippen LogP contribution in [0.5, 0.6) is 0 Å². The highest BCUT2D eigenvalue weighted by molar-refractivity contribution is 6.30. The predicted molar refractivity (Wildman–Crippen MR) is 133 cm³/mol. The normalized spacial score (nSPS) is 15.7. The van der Waals surface area contributed by atoms with Crippen LogP contribution in [0.3, 0.4) is 0 Å². The Morgan fingerprint density at radius 1 is 1.03 bits per heavy atom. The van der Waals surface area contributed by atoms with E-state index in [1.807, 2.05) is 60.4 Å². The second-order valence-electron chi connectivity index (χ2n) is 8.46. The Bertz CT molecular complexity index is 1130. The summed E-state index contributed by atoms with van der Waals surface area (Å²) in [7, 11) is 0. The minimum atomic E-state index is -0.117. The molecule has 33 heavy (non-hydrogen) atoms. The van der Waals surface area contributed by atoms with E-state index in [9.17, 15) is 9.59 Å². The molecule has 3 aromatic carbocycles. The summed E-state index contributed by atoms with van der Waals surface area (Å²) < 4.78 is 0. The van der Waals surface area contributed by atoms with Gasteiger partial charge in [0.15, 0.2) is 0 Å². The second-order valence-corrected chi connectivity index (χ2v) is 8.89. The number of benzene rings is 3. The summed E-state index contributed by atoms with van der Waals surface area (Å²) >= 11 is 5.93. The number of anilines is 1. The van der Waals surface area contributed by atoms with Gasteiger partial charge in [-0.1, -0.05) is 48.0 Å². The summed E-state index contributed by atoms with van der Waals surface area (Å²) in [5.74, 6) is 0.104. The molecular formula is C27H28ClN3O2. The van der Waals surface area contributed by atoms with Crippen molar-refractivity contribution in [1.82, 2.24) is 10.2 Å². The molecule has 1 aliphatic rings. The van der Waals surface area contributed by atoms with Crippen LogP contribution < -0.4 is 10.6 Å². The first-order valence-corrected chi connectivity index (χ1v) is 11.6. The lowest BCUT2D eigenvalue weighted by Gasteiger charge is -2.33. The van der Waals surface area contributed by atoms with Crippen LogP contribution in [0.1, 0.15) is 45.8 Å². The lowest BCUT2D eigenvalue weighted by Crippen LogP contribution is -2.41. The van der Waals surface area contributed by atoms with Crippen LogP contribution in [0.25, 0.3) is 0 Å². The largest absolute Gasteiger partial charge is 0.348 e. The van der Waals surface area contributed by atoms with Crippen molar-refractivity contribution >= 4 is 29.2 Å². The number of hydrogen-bond acceptors (Lipinski definition) is 2. The van der Waals surface area contributed by atoms with Gasteiger partial charge in [0.1, 0.15) is 0 Å². The van der Waals surface area contributed by atoms with Crippen molar-refractivity contribution in [3.05, 3.63) is 100 Å². The Morgan fingerprint density at radius 3 is 2.61 bits per heavy atom. The zero-order valence-electron chi connectivity index (χ0n) is 18.7. The Balaban J connectivity index is 1.38. The Hall–Kier alpha value is -3.31. The van der Waals surface area contributed by atoms with E-state index < -0.39 is 0 Å². The molecule has 170 valence electrons. The van der Waals surface area contributed by atoms with Gasteiger partial charge in [0.05, 0.1) is 0 Å². The van der Waals surface area contributed by atoms with Gasteiger partial charge in [0.2, 0.25) is 0 Å². The highest BCUT2D eigenvalue weighted by atomic mass is 35.5. The van der Waals surface area contributed by atoms with Gasteiger partial charge < -0.3 is 15.5 Å². The molecular weight excluding hydrogens is 434 g/mol. The molecule has 1 atom stereocenters. The van der Waals surface area contributed by atoms with Crippen molar-refractivity contribution in [3.8, 4) is 0 Å². The van der Waals surface area contributed by atoms with Gasteiger partial charge in [-0.3, -0.25) is 4.79 Å².